The van der Waals surface area contributed by atoms with Crippen molar-refractivity contribution in [1.29, 1.82) is 0 Å². The molecule has 1 aliphatic heterocycles. The van der Waals surface area contributed by atoms with Crippen LogP contribution >= 0.6 is 0 Å². The van der Waals surface area contributed by atoms with Gasteiger partial charge < -0.3 is 5.32 Å². The number of Topliss-reactive ketones (excluding diaryl/α,β-unsaturated/α-hetero) is 1. The van der Waals surface area contributed by atoms with Crippen LogP contribution in [0.2, 0.25) is 0 Å². The highest BCUT2D eigenvalue weighted by Gasteiger charge is 2.72. The molecule has 6 nitrogen and oxygen atoms in total. The number of ketones is 1. The number of aromatic nitrogens is 1. The number of hydrogen-bond acceptors (Lipinski definition) is 4. The Hall–Kier alpha value is -3.49. The number of rotatable bonds is 3. The summed E-state index contributed by atoms with van der Waals surface area (Å²) in [6.45, 7) is 3.51. The molecule has 1 N–H and O–H groups in total. The number of anilines is 1. The van der Waals surface area contributed by atoms with E-state index >= 15 is 0 Å². The van der Waals surface area contributed by atoms with E-state index < -0.39 is 40.3 Å². The van der Waals surface area contributed by atoms with Crippen LogP contribution in [-0.2, 0) is 9.59 Å². The molecule has 0 spiro atoms. The number of allylic oxidation sites excluding steroid dienone is 1. The quantitative estimate of drug-likeness (QED) is 0.783. The van der Waals surface area contributed by atoms with Crippen LogP contribution in [0, 0.1) is 5.41 Å². The molecule has 1 aromatic heterocycles. The monoisotopic (exact) mass is 443 g/mol. The topological polar surface area (TPSA) is 79.4 Å². The summed E-state index contributed by atoms with van der Waals surface area (Å²) in [4.78, 5) is 44.1. The first kappa shape index (κ1) is 21.7. The second kappa shape index (κ2) is 7.29. The van der Waals surface area contributed by atoms with E-state index in [9.17, 15) is 27.6 Å². The second-order valence-corrected chi connectivity index (χ2v) is 8.68. The van der Waals surface area contributed by atoms with E-state index in [-0.39, 0.29) is 29.8 Å². The molecule has 1 unspecified atom stereocenters. The highest BCUT2D eigenvalue weighted by atomic mass is 19.4. The van der Waals surface area contributed by atoms with Gasteiger partial charge in [0.2, 0.25) is 5.54 Å². The molecule has 2 amide bonds. The zero-order valence-electron chi connectivity index (χ0n) is 17.4. The van der Waals surface area contributed by atoms with E-state index in [4.69, 9.17) is 0 Å². The fraction of sp³-hybridized carbons (Fsp3) is 0.304. The molecule has 0 saturated heterocycles. The Morgan fingerprint density at radius 2 is 1.75 bits per heavy atom. The lowest BCUT2D eigenvalue weighted by atomic mass is 9.72. The number of nitrogens with zero attached hydrogens (tertiary/aromatic N) is 2. The Balaban J connectivity index is 1.95. The maximum Gasteiger partial charge on any atom is 0.425 e. The van der Waals surface area contributed by atoms with Crippen LogP contribution in [0.4, 0.5) is 18.9 Å². The maximum absolute atomic E-state index is 14.7. The van der Waals surface area contributed by atoms with Crippen LogP contribution in [0.25, 0.3) is 0 Å². The molecule has 32 heavy (non-hydrogen) atoms. The van der Waals surface area contributed by atoms with Crippen LogP contribution in [0.1, 0.15) is 37.0 Å². The molecule has 0 bridgehead atoms. The summed E-state index contributed by atoms with van der Waals surface area (Å²) >= 11 is 0. The first-order chi connectivity index (χ1) is 15.0. The molecule has 4 rings (SSSR count). The summed E-state index contributed by atoms with van der Waals surface area (Å²) < 4.78 is 44.1. The Bertz CT molecular complexity index is 1130. The van der Waals surface area contributed by atoms with Crippen LogP contribution in [0.15, 0.2) is 66.1 Å². The summed E-state index contributed by atoms with van der Waals surface area (Å²) in [5.41, 5.74) is -4.86. The van der Waals surface area contributed by atoms with E-state index in [1.54, 1.807) is 32.0 Å². The molecular weight excluding hydrogens is 423 g/mol. The molecule has 0 fully saturated rings. The molecule has 1 atom stereocenters. The number of para-hydroxylation sites is 1. The lowest BCUT2D eigenvalue weighted by Gasteiger charge is -2.35. The minimum atomic E-state index is -5.26. The predicted octanol–water partition coefficient (Wildman–Crippen LogP) is 3.80. The van der Waals surface area contributed by atoms with Crippen LogP contribution in [0.3, 0.4) is 0 Å². The minimum absolute atomic E-state index is 0.0359. The highest BCUT2D eigenvalue weighted by molar-refractivity contribution is 6.21. The third-order valence-electron chi connectivity index (χ3n) is 5.69. The first-order valence-electron chi connectivity index (χ1n) is 9.94. The van der Waals surface area contributed by atoms with E-state index in [2.05, 4.69) is 4.98 Å². The Labute approximate surface area is 182 Å². The summed E-state index contributed by atoms with van der Waals surface area (Å²) in [6, 6.07) is 10.5. The van der Waals surface area contributed by atoms with Gasteiger partial charge in [-0.1, -0.05) is 32.0 Å². The standard InChI is InChI=1S/C23H20F3N3O3/c1-21(2)11-16-18(17(30)12-21)22(23(24,25)26,28-19(31)14-7-6-10-27-13-14)20(32)29(16)15-8-4-3-5-9-15/h3-10,13H,11-12H2,1-2H3,(H,28,31). The van der Waals surface area contributed by atoms with Crippen LogP contribution in [0.5, 0.6) is 0 Å². The number of carbonyl (C=O) groups excluding carboxylic acids is 3. The van der Waals surface area contributed by atoms with Gasteiger partial charge in [-0.05, 0) is 36.1 Å². The largest absolute Gasteiger partial charge is 0.425 e. The van der Waals surface area contributed by atoms with Gasteiger partial charge in [0.05, 0.1) is 11.1 Å². The van der Waals surface area contributed by atoms with Gasteiger partial charge in [-0.25, -0.2) is 0 Å². The number of amides is 2. The number of alkyl halides is 3. The number of halogens is 3. The SMILES string of the molecule is CC1(C)CC(=O)C2=C(C1)N(c1ccccc1)C(=O)C2(NC(=O)c1cccnc1)C(F)(F)F. The third kappa shape index (κ3) is 3.28. The predicted molar refractivity (Wildman–Crippen MR) is 109 cm³/mol. The van der Waals surface area contributed by atoms with Crippen LogP contribution < -0.4 is 10.2 Å². The van der Waals surface area contributed by atoms with Crippen molar-refractivity contribution in [2.24, 2.45) is 5.41 Å². The number of nitrogens with one attached hydrogen (secondary N) is 1. The molecule has 1 aliphatic carbocycles. The molecular formula is C23H20F3N3O3. The normalized spacial score (nSPS) is 22.7. The van der Waals surface area contributed by atoms with Gasteiger partial charge >= 0.3 is 6.18 Å². The zero-order valence-corrected chi connectivity index (χ0v) is 17.4. The number of carbonyl (C=O) groups is 3. The average Bonchev–Trinajstić information content (AvgIpc) is 2.97. The third-order valence-corrected chi connectivity index (χ3v) is 5.69. The van der Waals surface area contributed by atoms with Crippen molar-refractivity contribution in [3.05, 3.63) is 71.7 Å². The summed E-state index contributed by atoms with van der Waals surface area (Å²) in [5.74, 6) is -3.39. The van der Waals surface area contributed by atoms with Crippen LogP contribution in [-0.4, -0.2) is 34.3 Å². The van der Waals surface area contributed by atoms with Gasteiger partial charge in [0.25, 0.3) is 11.8 Å². The van der Waals surface area contributed by atoms with Gasteiger partial charge in [0.15, 0.2) is 5.78 Å². The molecule has 166 valence electrons. The molecule has 2 heterocycles. The number of pyridine rings is 1. The Morgan fingerprint density at radius 1 is 1.06 bits per heavy atom. The Kier molecular flexibility index (Phi) is 4.95. The lowest BCUT2D eigenvalue weighted by molar-refractivity contribution is -0.186. The molecule has 0 saturated carbocycles. The van der Waals surface area contributed by atoms with E-state index in [1.807, 2.05) is 5.32 Å². The number of benzene rings is 1. The lowest BCUT2D eigenvalue weighted by Crippen LogP contribution is -2.66. The van der Waals surface area contributed by atoms with Gasteiger partial charge in [-0.15, -0.1) is 0 Å². The van der Waals surface area contributed by atoms with Crippen molar-refractivity contribution in [3.63, 3.8) is 0 Å². The molecule has 2 aliphatic rings. The highest BCUT2D eigenvalue weighted by Crippen LogP contribution is 2.52. The van der Waals surface area contributed by atoms with Gasteiger partial charge in [0.1, 0.15) is 0 Å². The van der Waals surface area contributed by atoms with Gasteiger partial charge in [-0.3, -0.25) is 24.3 Å². The second-order valence-electron chi connectivity index (χ2n) is 8.68. The van der Waals surface area contributed by atoms with Crippen molar-refractivity contribution >= 4 is 23.3 Å². The summed E-state index contributed by atoms with van der Waals surface area (Å²) in [5, 5.41) is 1.88. The molecule has 1 aromatic carbocycles. The maximum atomic E-state index is 14.7. The first-order valence-corrected chi connectivity index (χ1v) is 9.94. The van der Waals surface area contributed by atoms with E-state index in [0.29, 0.717) is 0 Å². The van der Waals surface area contributed by atoms with Gasteiger partial charge in [-0.2, -0.15) is 13.2 Å². The average molecular weight is 443 g/mol. The van der Waals surface area contributed by atoms with Crippen molar-refractivity contribution in [2.75, 3.05) is 4.90 Å². The smallest absolute Gasteiger partial charge is 0.326 e. The Morgan fingerprint density at radius 3 is 2.34 bits per heavy atom. The van der Waals surface area contributed by atoms with Crippen molar-refractivity contribution in [2.45, 2.75) is 38.4 Å². The van der Waals surface area contributed by atoms with Crippen molar-refractivity contribution in [3.8, 4) is 0 Å². The summed E-state index contributed by atoms with van der Waals surface area (Å²) in [6.07, 6.45) is -2.92. The fourth-order valence-corrected chi connectivity index (χ4v) is 4.34. The van der Waals surface area contributed by atoms with E-state index in [1.165, 1.54) is 30.5 Å². The van der Waals surface area contributed by atoms with Crippen molar-refractivity contribution < 1.29 is 27.6 Å². The molecule has 0 radical (unpaired) electrons. The fourth-order valence-electron chi connectivity index (χ4n) is 4.34. The molecule has 2 aromatic rings. The zero-order chi connectivity index (χ0) is 23.3. The minimum Gasteiger partial charge on any atom is -0.326 e. The number of hydrogen-bond donors (Lipinski definition) is 1. The van der Waals surface area contributed by atoms with Gasteiger partial charge in [0, 0.05) is 30.2 Å². The van der Waals surface area contributed by atoms with Crippen molar-refractivity contribution in [1.82, 2.24) is 10.3 Å². The summed E-state index contributed by atoms with van der Waals surface area (Å²) in [7, 11) is 0. The molecule has 9 heteroatoms. The van der Waals surface area contributed by atoms with E-state index in [0.717, 1.165) is 11.1 Å².